The van der Waals surface area contributed by atoms with Gasteiger partial charge in [-0.2, -0.15) is 0 Å². The van der Waals surface area contributed by atoms with Gasteiger partial charge in [0.2, 0.25) is 5.91 Å². The van der Waals surface area contributed by atoms with Gasteiger partial charge in [0.1, 0.15) is 17.6 Å². The molecule has 0 unspecified atom stereocenters. The summed E-state index contributed by atoms with van der Waals surface area (Å²) in [5.41, 5.74) is 1.38. The highest BCUT2D eigenvalue weighted by molar-refractivity contribution is 5.85. The van der Waals surface area contributed by atoms with Gasteiger partial charge in [0.15, 0.2) is 0 Å². The smallest absolute Gasteiger partial charge is 0.326 e. The van der Waals surface area contributed by atoms with E-state index in [2.05, 4.69) is 5.32 Å². The van der Waals surface area contributed by atoms with Gasteiger partial charge in [-0.25, -0.2) is 9.18 Å². The highest BCUT2D eigenvalue weighted by Crippen LogP contribution is 2.13. The number of nitrogens with one attached hydrogen (secondary N) is 1. The van der Waals surface area contributed by atoms with Crippen molar-refractivity contribution < 1.29 is 23.8 Å². The molecule has 5 nitrogen and oxygen atoms in total. The van der Waals surface area contributed by atoms with Crippen molar-refractivity contribution in [1.29, 1.82) is 0 Å². The number of rotatable bonds is 7. The molecule has 0 bridgehead atoms. The molecule has 2 aromatic carbocycles. The number of carboxylic acid groups (broad SMARTS) is 1. The predicted molar refractivity (Wildman–Crippen MR) is 86.4 cm³/mol. The lowest BCUT2D eigenvalue weighted by molar-refractivity contribution is -0.141. The third kappa shape index (κ3) is 5.08. The van der Waals surface area contributed by atoms with E-state index < -0.39 is 17.9 Å². The van der Waals surface area contributed by atoms with Gasteiger partial charge in [-0.05, 0) is 35.4 Å². The molecule has 2 N–H and O–H groups in total. The fraction of sp³-hybridized carbons (Fsp3) is 0.222. The Bertz CT molecular complexity index is 698. The molecule has 0 saturated carbocycles. The maximum absolute atomic E-state index is 12.8. The molecule has 24 heavy (non-hydrogen) atoms. The Hall–Kier alpha value is -2.89. The van der Waals surface area contributed by atoms with Gasteiger partial charge < -0.3 is 15.2 Å². The fourth-order valence-electron chi connectivity index (χ4n) is 2.23. The van der Waals surface area contributed by atoms with Crippen LogP contribution in [0, 0.1) is 5.82 Å². The van der Waals surface area contributed by atoms with Gasteiger partial charge in [0.05, 0.1) is 13.5 Å². The summed E-state index contributed by atoms with van der Waals surface area (Å²) in [4.78, 5) is 23.4. The first-order valence-electron chi connectivity index (χ1n) is 7.37. The number of ether oxygens (including phenoxy) is 1. The second-order valence-electron chi connectivity index (χ2n) is 5.31. The molecular weight excluding hydrogens is 313 g/mol. The standard InChI is InChI=1S/C18H18FNO4/c1-24-15-8-4-12(5-9-15)10-16(18(22)23)20-17(21)11-13-2-6-14(19)7-3-13/h2-9,16H,10-11H2,1H3,(H,20,21)(H,22,23)/t16-/m1/s1. The number of hydrogen-bond donors (Lipinski definition) is 2. The molecule has 2 rings (SSSR count). The van der Waals surface area contributed by atoms with Crippen LogP contribution in [0.4, 0.5) is 4.39 Å². The van der Waals surface area contributed by atoms with Crippen molar-refractivity contribution in [3.63, 3.8) is 0 Å². The van der Waals surface area contributed by atoms with Gasteiger partial charge in [-0.15, -0.1) is 0 Å². The van der Waals surface area contributed by atoms with Crippen molar-refractivity contribution in [3.8, 4) is 5.75 Å². The van der Waals surface area contributed by atoms with E-state index in [1.807, 2.05) is 0 Å². The van der Waals surface area contributed by atoms with Crippen molar-refractivity contribution in [2.45, 2.75) is 18.9 Å². The van der Waals surface area contributed by atoms with E-state index in [0.29, 0.717) is 11.3 Å². The Labute approximate surface area is 139 Å². The average molecular weight is 331 g/mol. The van der Waals surface area contributed by atoms with Crippen LogP contribution in [0.3, 0.4) is 0 Å². The van der Waals surface area contributed by atoms with Gasteiger partial charge in [-0.1, -0.05) is 24.3 Å². The molecular formula is C18H18FNO4. The Morgan fingerprint density at radius 1 is 1.08 bits per heavy atom. The summed E-state index contributed by atoms with van der Waals surface area (Å²) < 4.78 is 17.9. The molecule has 1 amide bonds. The summed E-state index contributed by atoms with van der Waals surface area (Å²) in [6, 6.07) is 11.4. The van der Waals surface area contributed by atoms with Crippen LogP contribution in [-0.4, -0.2) is 30.1 Å². The molecule has 0 saturated heterocycles. The number of halogens is 1. The minimum atomic E-state index is -1.11. The van der Waals surface area contributed by atoms with E-state index in [1.54, 1.807) is 31.4 Å². The van der Waals surface area contributed by atoms with Crippen molar-refractivity contribution in [3.05, 3.63) is 65.5 Å². The minimum absolute atomic E-state index is 0.00727. The van der Waals surface area contributed by atoms with Crippen LogP contribution in [0.2, 0.25) is 0 Å². The van der Waals surface area contributed by atoms with E-state index in [1.165, 1.54) is 24.3 Å². The van der Waals surface area contributed by atoms with Crippen LogP contribution in [0.5, 0.6) is 5.75 Å². The van der Waals surface area contributed by atoms with Crippen molar-refractivity contribution in [2.75, 3.05) is 7.11 Å². The first-order valence-corrected chi connectivity index (χ1v) is 7.37. The average Bonchev–Trinajstić information content (AvgIpc) is 2.57. The van der Waals surface area contributed by atoms with Crippen LogP contribution in [-0.2, 0) is 22.4 Å². The number of methoxy groups -OCH3 is 1. The lowest BCUT2D eigenvalue weighted by Gasteiger charge is -2.15. The molecule has 0 fully saturated rings. The molecule has 0 heterocycles. The van der Waals surface area contributed by atoms with Crippen molar-refractivity contribution in [2.24, 2.45) is 0 Å². The number of amides is 1. The molecule has 0 aliphatic carbocycles. The minimum Gasteiger partial charge on any atom is -0.497 e. The van der Waals surface area contributed by atoms with E-state index in [9.17, 15) is 19.1 Å². The molecule has 1 atom stereocenters. The maximum Gasteiger partial charge on any atom is 0.326 e. The van der Waals surface area contributed by atoms with Crippen LogP contribution in [0.1, 0.15) is 11.1 Å². The summed E-state index contributed by atoms with van der Waals surface area (Å²) in [5, 5.41) is 11.8. The van der Waals surface area contributed by atoms with Crippen LogP contribution < -0.4 is 10.1 Å². The molecule has 6 heteroatoms. The second-order valence-corrected chi connectivity index (χ2v) is 5.31. The number of benzene rings is 2. The quantitative estimate of drug-likeness (QED) is 0.815. The third-order valence-corrected chi connectivity index (χ3v) is 3.51. The highest BCUT2D eigenvalue weighted by Gasteiger charge is 2.20. The SMILES string of the molecule is COc1ccc(C[C@@H](NC(=O)Cc2ccc(F)cc2)C(=O)O)cc1. The zero-order valence-corrected chi connectivity index (χ0v) is 13.2. The van der Waals surface area contributed by atoms with Crippen LogP contribution >= 0.6 is 0 Å². The largest absolute Gasteiger partial charge is 0.497 e. The first-order chi connectivity index (χ1) is 11.5. The van der Waals surface area contributed by atoms with Gasteiger partial charge in [0, 0.05) is 6.42 Å². The monoisotopic (exact) mass is 331 g/mol. The molecule has 2 aromatic rings. The van der Waals surface area contributed by atoms with E-state index in [-0.39, 0.29) is 18.7 Å². The van der Waals surface area contributed by atoms with E-state index >= 15 is 0 Å². The predicted octanol–water partition coefficient (Wildman–Crippen LogP) is 2.19. The molecule has 0 aromatic heterocycles. The topological polar surface area (TPSA) is 75.6 Å². The van der Waals surface area contributed by atoms with Crippen molar-refractivity contribution in [1.82, 2.24) is 5.32 Å². The highest BCUT2D eigenvalue weighted by atomic mass is 19.1. The number of carbonyl (C=O) groups is 2. The normalized spacial score (nSPS) is 11.6. The lowest BCUT2D eigenvalue weighted by atomic mass is 10.1. The Kier molecular flexibility index (Phi) is 5.89. The number of hydrogen-bond acceptors (Lipinski definition) is 3. The number of carboxylic acids is 1. The Morgan fingerprint density at radius 2 is 1.67 bits per heavy atom. The first kappa shape index (κ1) is 17.5. The molecule has 0 spiro atoms. The Balaban J connectivity index is 1.97. The Morgan fingerprint density at radius 3 is 2.21 bits per heavy atom. The maximum atomic E-state index is 12.8. The molecule has 0 aliphatic heterocycles. The van der Waals surface area contributed by atoms with Crippen molar-refractivity contribution >= 4 is 11.9 Å². The summed E-state index contributed by atoms with van der Waals surface area (Å²) in [7, 11) is 1.55. The van der Waals surface area contributed by atoms with Crippen LogP contribution in [0.25, 0.3) is 0 Å². The van der Waals surface area contributed by atoms with E-state index in [0.717, 1.165) is 5.56 Å². The second kappa shape index (κ2) is 8.10. The summed E-state index contributed by atoms with van der Waals surface area (Å²) in [6.07, 6.45) is 0.154. The van der Waals surface area contributed by atoms with E-state index in [4.69, 9.17) is 4.74 Å². The number of aliphatic carboxylic acids is 1. The van der Waals surface area contributed by atoms with Gasteiger partial charge >= 0.3 is 5.97 Å². The zero-order valence-electron chi connectivity index (χ0n) is 13.2. The summed E-state index contributed by atoms with van der Waals surface area (Å²) in [5.74, 6) is -1.26. The fourth-order valence-corrected chi connectivity index (χ4v) is 2.23. The summed E-state index contributed by atoms with van der Waals surface area (Å²) >= 11 is 0. The molecule has 126 valence electrons. The molecule has 0 radical (unpaired) electrons. The third-order valence-electron chi connectivity index (χ3n) is 3.51. The number of carbonyl (C=O) groups excluding carboxylic acids is 1. The van der Waals surface area contributed by atoms with Gasteiger partial charge in [0.25, 0.3) is 0 Å². The summed E-state index contributed by atoms with van der Waals surface area (Å²) in [6.45, 7) is 0. The van der Waals surface area contributed by atoms with Gasteiger partial charge in [-0.3, -0.25) is 4.79 Å². The molecule has 0 aliphatic rings. The zero-order chi connectivity index (χ0) is 17.5. The van der Waals surface area contributed by atoms with Crippen LogP contribution in [0.15, 0.2) is 48.5 Å². The lowest BCUT2D eigenvalue weighted by Crippen LogP contribution is -2.43.